The lowest BCUT2D eigenvalue weighted by molar-refractivity contribution is -0.131. The number of nitrogens with one attached hydrogen (secondary N) is 1. The molecule has 0 bridgehead atoms. The molecule has 0 aromatic carbocycles. The maximum atomic E-state index is 11.8. The SMILES string of the molecule is CCC1(C)NC(=O)N(CC2CO2)C1=O. The molecule has 0 aromatic rings. The Morgan fingerprint density at radius 3 is 2.71 bits per heavy atom. The molecule has 0 aliphatic carbocycles. The van der Waals surface area contributed by atoms with Crippen LogP contribution in [0.2, 0.25) is 0 Å². The molecule has 2 atom stereocenters. The number of hydrogen-bond donors (Lipinski definition) is 1. The molecule has 2 heterocycles. The smallest absolute Gasteiger partial charge is 0.325 e. The van der Waals surface area contributed by atoms with Gasteiger partial charge in [0.2, 0.25) is 0 Å². The minimum Gasteiger partial charge on any atom is -0.371 e. The van der Waals surface area contributed by atoms with E-state index in [-0.39, 0.29) is 18.0 Å². The number of nitrogens with zero attached hydrogens (tertiary/aromatic N) is 1. The molecule has 0 saturated carbocycles. The highest BCUT2D eigenvalue weighted by molar-refractivity contribution is 6.06. The van der Waals surface area contributed by atoms with Gasteiger partial charge in [-0.1, -0.05) is 6.92 Å². The van der Waals surface area contributed by atoms with E-state index in [4.69, 9.17) is 4.74 Å². The van der Waals surface area contributed by atoms with Gasteiger partial charge in [0.15, 0.2) is 0 Å². The molecule has 0 spiro atoms. The molecule has 14 heavy (non-hydrogen) atoms. The minimum atomic E-state index is -0.716. The fourth-order valence-electron chi connectivity index (χ4n) is 1.53. The predicted octanol–water partition coefficient (Wildman–Crippen LogP) is 0.106. The van der Waals surface area contributed by atoms with Crippen molar-refractivity contribution in [3.8, 4) is 0 Å². The first-order valence-electron chi connectivity index (χ1n) is 4.82. The highest BCUT2D eigenvalue weighted by Gasteiger charge is 2.48. The number of carbonyl (C=O) groups excluding carboxylic acids is 2. The van der Waals surface area contributed by atoms with Gasteiger partial charge in [-0.2, -0.15) is 0 Å². The number of amides is 3. The first kappa shape index (κ1) is 9.45. The monoisotopic (exact) mass is 198 g/mol. The first-order chi connectivity index (χ1) is 6.57. The van der Waals surface area contributed by atoms with E-state index in [2.05, 4.69) is 5.32 Å². The van der Waals surface area contributed by atoms with Crippen LogP contribution in [0.25, 0.3) is 0 Å². The van der Waals surface area contributed by atoms with E-state index in [0.29, 0.717) is 19.6 Å². The van der Waals surface area contributed by atoms with Gasteiger partial charge in [-0.25, -0.2) is 4.79 Å². The van der Waals surface area contributed by atoms with Crippen LogP contribution in [0, 0.1) is 0 Å². The molecule has 0 radical (unpaired) electrons. The molecule has 78 valence electrons. The molecule has 0 aromatic heterocycles. The van der Waals surface area contributed by atoms with Crippen LogP contribution in [0.1, 0.15) is 20.3 Å². The summed E-state index contributed by atoms with van der Waals surface area (Å²) in [5, 5.41) is 2.69. The van der Waals surface area contributed by atoms with Crippen molar-refractivity contribution >= 4 is 11.9 Å². The van der Waals surface area contributed by atoms with Gasteiger partial charge in [0.1, 0.15) is 5.54 Å². The summed E-state index contributed by atoms with van der Waals surface area (Å²) < 4.78 is 5.00. The second-order valence-electron chi connectivity index (χ2n) is 3.99. The minimum absolute atomic E-state index is 0.0592. The van der Waals surface area contributed by atoms with Crippen LogP contribution in [0.3, 0.4) is 0 Å². The average Bonchev–Trinajstić information content (AvgIpc) is 2.92. The molecule has 1 N–H and O–H groups in total. The molecule has 2 aliphatic heterocycles. The summed E-state index contributed by atoms with van der Waals surface area (Å²) in [4.78, 5) is 24.5. The maximum Gasteiger partial charge on any atom is 0.325 e. The fraction of sp³-hybridized carbons (Fsp3) is 0.778. The van der Waals surface area contributed by atoms with Gasteiger partial charge in [-0.05, 0) is 13.3 Å². The summed E-state index contributed by atoms with van der Waals surface area (Å²) in [5.41, 5.74) is -0.716. The fourth-order valence-corrected chi connectivity index (χ4v) is 1.53. The normalized spacial score (nSPS) is 36.1. The Balaban J connectivity index is 2.10. The Hall–Kier alpha value is -1.10. The third-order valence-electron chi connectivity index (χ3n) is 2.84. The second-order valence-corrected chi connectivity index (χ2v) is 3.99. The largest absolute Gasteiger partial charge is 0.371 e. The van der Waals surface area contributed by atoms with Gasteiger partial charge in [0.05, 0.1) is 19.3 Å². The maximum absolute atomic E-state index is 11.8. The first-order valence-corrected chi connectivity index (χ1v) is 4.82. The Morgan fingerprint density at radius 2 is 2.29 bits per heavy atom. The van der Waals surface area contributed by atoms with Crippen LogP contribution >= 0.6 is 0 Å². The van der Waals surface area contributed by atoms with E-state index >= 15 is 0 Å². The van der Waals surface area contributed by atoms with E-state index in [1.807, 2.05) is 6.92 Å². The van der Waals surface area contributed by atoms with E-state index in [0.717, 1.165) is 0 Å². The van der Waals surface area contributed by atoms with Crippen molar-refractivity contribution in [2.24, 2.45) is 0 Å². The van der Waals surface area contributed by atoms with Gasteiger partial charge in [-0.3, -0.25) is 9.69 Å². The Kier molecular flexibility index (Phi) is 1.99. The van der Waals surface area contributed by atoms with Crippen molar-refractivity contribution in [1.82, 2.24) is 10.2 Å². The zero-order valence-electron chi connectivity index (χ0n) is 8.37. The van der Waals surface area contributed by atoms with Gasteiger partial charge in [0, 0.05) is 0 Å². The Labute approximate surface area is 82.4 Å². The lowest BCUT2D eigenvalue weighted by Crippen LogP contribution is -2.43. The number of carbonyl (C=O) groups is 2. The van der Waals surface area contributed by atoms with Crippen LogP contribution in [-0.4, -0.2) is 41.6 Å². The van der Waals surface area contributed by atoms with Crippen molar-refractivity contribution in [1.29, 1.82) is 0 Å². The third-order valence-corrected chi connectivity index (χ3v) is 2.84. The number of epoxide rings is 1. The van der Waals surface area contributed by atoms with Gasteiger partial charge >= 0.3 is 6.03 Å². The summed E-state index contributed by atoms with van der Waals surface area (Å²) in [5.74, 6) is -0.138. The van der Waals surface area contributed by atoms with Crippen LogP contribution in [0.15, 0.2) is 0 Å². The number of urea groups is 1. The standard InChI is InChI=1S/C9H14N2O3/c1-3-9(2)7(12)11(8(13)10-9)4-6-5-14-6/h6H,3-5H2,1-2H3,(H,10,13). The zero-order valence-corrected chi connectivity index (χ0v) is 8.37. The predicted molar refractivity (Wildman–Crippen MR) is 48.7 cm³/mol. The van der Waals surface area contributed by atoms with E-state index in [1.54, 1.807) is 6.92 Å². The summed E-state index contributed by atoms with van der Waals surface area (Å²) in [7, 11) is 0. The van der Waals surface area contributed by atoms with Crippen LogP contribution in [0.4, 0.5) is 4.79 Å². The topological polar surface area (TPSA) is 61.9 Å². The molecule has 2 rings (SSSR count). The lowest BCUT2D eigenvalue weighted by atomic mass is 9.99. The van der Waals surface area contributed by atoms with E-state index in [1.165, 1.54) is 4.90 Å². The van der Waals surface area contributed by atoms with Crippen LogP contribution < -0.4 is 5.32 Å². The quantitative estimate of drug-likeness (QED) is 0.517. The van der Waals surface area contributed by atoms with Gasteiger partial charge in [-0.15, -0.1) is 0 Å². The molecular weight excluding hydrogens is 184 g/mol. The molecular formula is C9H14N2O3. The zero-order chi connectivity index (χ0) is 10.3. The summed E-state index contributed by atoms with van der Waals surface area (Å²) in [6.45, 7) is 4.68. The van der Waals surface area contributed by atoms with Gasteiger partial charge < -0.3 is 10.1 Å². The summed E-state index contributed by atoms with van der Waals surface area (Å²) in [6, 6.07) is -0.296. The highest BCUT2D eigenvalue weighted by atomic mass is 16.6. The van der Waals surface area contributed by atoms with Crippen molar-refractivity contribution in [2.45, 2.75) is 31.9 Å². The van der Waals surface area contributed by atoms with Crippen LogP contribution in [0.5, 0.6) is 0 Å². The number of ether oxygens (including phenoxy) is 1. The lowest BCUT2D eigenvalue weighted by Gasteiger charge is -2.18. The van der Waals surface area contributed by atoms with Crippen molar-refractivity contribution in [3.05, 3.63) is 0 Å². The Morgan fingerprint density at radius 1 is 1.64 bits per heavy atom. The number of hydrogen-bond acceptors (Lipinski definition) is 3. The van der Waals surface area contributed by atoms with Crippen molar-refractivity contribution in [2.75, 3.05) is 13.2 Å². The summed E-state index contributed by atoms with van der Waals surface area (Å²) in [6.07, 6.45) is 0.670. The molecule has 5 heteroatoms. The number of imide groups is 1. The average molecular weight is 198 g/mol. The molecule has 2 saturated heterocycles. The Bertz CT molecular complexity index is 288. The van der Waals surface area contributed by atoms with Crippen LogP contribution in [-0.2, 0) is 9.53 Å². The van der Waals surface area contributed by atoms with Gasteiger partial charge in [0.25, 0.3) is 5.91 Å². The molecule has 2 fully saturated rings. The van der Waals surface area contributed by atoms with Crippen molar-refractivity contribution < 1.29 is 14.3 Å². The summed E-state index contributed by atoms with van der Waals surface area (Å²) >= 11 is 0. The van der Waals surface area contributed by atoms with Crippen molar-refractivity contribution in [3.63, 3.8) is 0 Å². The highest BCUT2D eigenvalue weighted by Crippen LogP contribution is 2.23. The molecule has 2 unspecified atom stereocenters. The van der Waals surface area contributed by atoms with E-state index < -0.39 is 5.54 Å². The molecule has 5 nitrogen and oxygen atoms in total. The third kappa shape index (κ3) is 1.37. The second kappa shape index (κ2) is 2.95. The molecule has 3 amide bonds. The molecule has 2 aliphatic rings. The van der Waals surface area contributed by atoms with E-state index in [9.17, 15) is 9.59 Å². The number of rotatable bonds is 3.